The second-order valence-corrected chi connectivity index (χ2v) is 10.8. The van der Waals surface area contributed by atoms with Gasteiger partial charge in [0.2, 0.25) is 11.0 Å². The van der Waals surface area contributed by atoms with Gasteiger partial charge in [0.15, 0.2) is 6.10 Å². The van der Waals surface area contributed by atoms with Crippen molar-refractivity contribution >= 4 is 45.7 Å². The number of hydrogen-bond acceptors (Lipinski definition) is 9. The van der Waals surface area contributed by atoms with Gasteiger partial charge < -0.3 is 10.5 Å². The van der Waals surface area contributed by atoms with Crippen LogP contribution < -0.4 is 5.73 Å². The van der Waals surface area contributed by atoms with Crippen LogP contribution in [0, 0.1) is 0 Å². The van der Waals surface area contributed by atoms with Gasteiger partial charge in [-0.3, -0.25) is 9.69 Å². The highest BCUT2D eigenvalue weighted by Crippen LogP contribution is 2.45. The lowest BCUT2D eigenvalue weighted by atomic mass is 10.0. The highest BCUT2D eigenvalue weighted by molar-refractivity contribution is 8.00. The van der Waals surface area contributed by atoms with Crippen molar-refractivity contribution in [1.29, 1.82) is 0 Å². The maximum atomic E-state index is 13.8. The molecule has 2 aliphatic heterocycles. The van der Waals surface area contributed by atoms with Crippen molar-refractivity contribution < 1.29 is 14.3 Å². The van der Waals surface area contributed by atoms with E-state index in [0.29, 0.717) is 16.5 Å². The van der Waals surface area contributed by atoms with Gasteiger partial charge in [-0.15, -0.1) is 16.9 Å². The number of nitrogens with two attached hydrogens (primary N) is 1. The van der Waals surface area contributed by atoms with Crippen LogP contribution in [0.4, 0.5) is 5.13 Å². The van der Waals surface area contributed by atoms with Crippen molar-refractivity contribution in [2.75, 3.05) is 5.75 Å². The summed E-state index contributed by atoms with van der Waals surface area (Å²) in [5.41, 5.74) is 8.63. The summed E-state index contributed by atoms with van der Waals surface area (Å²) in [5, 5.41) is 8.52. The van der Waals surface area contributed by atoms with Gasteiger partial charge in [-0.25, -0.2) is 9.78 Å². The minimum atomic E-state index is -0.643. The van der Waals surface area contributed by atoms with E-state index in [1.54, 1.807) is 6.20 Å². The zero-order chi connectivity index (χ0) is 25.2. The monoisotopic (exact) mass is 519 g/mol. The number of aromatic nitrogens is 1. The average molecular weight is 520 g/mol. The number of esters is 1. The molecule has 2 unspecified atom stereocenters. The lowest BCUT2D eigenvalue weighted by Crippen LogP contribution is -2.68. The van der Waals surface area contributed by atoms with Crippen molar-refractivity contribution in [3.63, 3.8) is 0 Å². The van der Waals surface area contributed by atoms with E-state index in [4.69, 9.17) is 10.5 Å². The molecule has 8 nitrogen and oxygen atoms in total. The smallest absolute Gasteiger partial charge is 0.356 e. The van der Waals surface area contributed by atoms with E-state index >= 15 is 0 Å². The Kier molecular flexibility index (Phi) is 6.99. The molecule has 1 saturated heterocycles. The Labute approximate surface area is 217 Å². The number of azo groups is 1. The maximum Gasteiger partial charge on any atom is 0.356 e. The minimum Gasteiger partial charge on any atom is -0.448 e. The van der Waals surface area contributed by atoms with Crippen molar-refractivity contribution in [3.8, 4) is 0 Å². The lowest BCUT2D eigenvalue weighted by Gasteiger charge is -2.48. The molecule has 5 rings (SSSR count). The predicted octanol–water partition coefficient (Wildman–Crippen LogP) is 4.92. The van der Waals surface area contributed by atoms with E-state index in [0.717, 1.165) is 16.0 Å². The number of thioether (sulfide) groups is 1. The van der Waals surface area contributed by atoms with Crippen LogP contribution in [0.3, 0.4) is 0 Å². The van der Waals surface area contributed by atoms with Crippen molar-refractivity contribution in [1.82, 2.24) is 9.88 Å². The number of fused-ring (bicyclic) bond motifs is 1. The molecule has 0 saturated carbocycles. The number of rotatable bonds is 7. The van der Waals surface area contributed by atoms with Crippen LogP contribution in [0.5, 0.6) is 0 Å². The van der Waals surface area contributed by atoms with E-state index in [2.05, 4.69) is 15.2 Å². The fourth-order valence-corrected chi connectivity index (χ4v) is 6.25. The Hall–Kier alpha value is -3.34. The standard InChI is InChI=1S/C26H25N5O3S2/c1-15(2)29-30-26-28-13-19(36-26)18-14-35-24-20(27)23(32)31(24)21(18)25(33)34-22(16-9-5-3-6-10-16)17-11-7-4-8-12-17/h3-13,15,20,22,24H,14,27H2,1-2H3. The predicted molar refractivity (Wildman–Crippen MR) is 141 cm³/mol. The summed E-state index contributed by atoms with van der Waals surface area (Å²) in [6, 6.07) is 18.5. The molecule has 1 aromatic heterocycles. The SMILES string of the molecule is CC(C)N=Nc1ncc(C2=C(C(=O)OC(c3ccccc3)c3ccccc3)N3C(=O)C(N)C3SC2)s1. The summed E-state index contributed by atoms with van der Waals surface area (Å²) in [5.74, 6) is -0.375. The molecule has 1 fully saturated rings. The van der Waals surface area contributed by atoms with Crippen LogP contribution in [-0.2, 0) is 14.3 Å². The molecule has 2 N–H and O–H groups in total. The largest absolute Gasteiger partial charge is 0.448 e. The molecule has 3 heterocycles. The van der Waals surface area contributed by atoms with Crippen LogP contribution in [-0.4, -0.2) is 45.0 Å². The van der Waals surface area contributed by atoms with Gasteiger partial charge in [0.1, 0.15) is 17.1 Å². The van der Waals surface area contributed by atoms with Gasteiger partial charge in [-0.05, 0) is 25.0 Å². The maximum absolute atomic E-state index is 13.8. The summed E-state index contributed by atoms with van der Waals surface area (Å²) in [7, 11) is 0. The third-order valence-corrected chi connectivity index (χ3v) is 8.04. The van der Waals surface area contributed by atoms with Crippen LogP contribution >= 0.6 is 23.1 Å². The molecule has 10 heteroatoms. The lowest BCUT2D eigenvalue weighted by molar-refractivity contribution is -0.152. The number of ether oxygens (including phenoxy) is 1. The first-order valence-electron chi connectivity index (χ1n) is 11.6. The molecule has 2 aromatic carbocycles. The number of β-lactam (4-membered cyclic amide) rings is 1. The third kappa shape index (κ3) is 4.71. The summed E-state index contributed by atoms with van der Waals surface area (Å²) in [4.78, 5) is 33.2. The quantitative estimate of drug-likeness (QED) is 0.269. The fourth-order valence-electron chi connectivity index (χ4n) is 4.06. The number of carbonyl (C=O) groups excluding carboxylic acids is 2. The van der Waals surface area contributed by atoms with Crippen LogP contribution in [0.1, 0.15) is 36.0 Å². The molecular formula is C26H25N5O3S2. The van der Waals surface area contributed by atoms with E-state index in [9.17, 15) is 9.59 Å². The average Bonchev–Trinajstić information content (AvgIpc) is 3.39. The number of benzene rings is 2. The summed E-state index contributed by atoms with van der Waals surface area (Å²) in [6.07, 6.45) is 1.03. The Morgan fingerprint density at radius 1 is 1.11 bits per heavy atom. The zero-order valence-electron chi connectivity index (χ0n) is 19.8. The Balaban J connectivity index is 1.54. The number of amides is 1. The van der Waals surface area contributed by atoms with Gasteiger partial charge in [0.05, 0.1) is 10.9 Å². The molecule has 0 bridgehead atoms. The van der Waals surface area contributed by atoms with Crippen LogP contribution in [0.2, 0.25) is 0 Å². The Bertz CT molecular complexity index is 1280. The summed E-state index contributed by atoms with van der Waals surface area (Å²) >= 11 is 2.85. The van der Waals surface area contributed by atoms with Gasteiger partial charge in [-0.2, -0.15) is 5.11 Å². The van der Waals surface area contributed by atoms with Crippen molar-refractivity contribution in [2.45, 2.75) is 37.4 Å². The molecule has 36 heavy (non-hydrogen) atoms. The molecule has 3 aromatic rings. The third-order valence-electron chi connectivity index (χ3n) is 5.80. The minimum absolute atomic E-state index is 0.0428. The number of nitrogens with zero attached hydrogens (tertiary/aromatic N) is 4. The Morgan fingerprint density at radius 3 is 2.36 bits per heavy atom. The molecule has 0 spiro atoms. The van der Waals surface area contributed by atoms with Gasteiger partial charge in [0.25, 0.3) is 0 Å². The first-order chi connectivity index (χ1) is 17.4. The molecular weight excluding hydrogens is 494 g/mol. The zero-order valence-corrected chi connectivity index (χ0v) is 21.4. The number of thiazole rings is 1. The molecule has 0 radical (unpaired) electrons. The number of carbonyl (C=O) groups is 2. The highest BCUT2D eigenvalue weighted by Gasteiger charge is 2.52. The van der Waals surface area contributed by atoms with Gasteiger partial charge in [-0.1, -0.05) is 72.0 Å². The summed E-state index contributed by atoms with van der Waals surface area (Å²) in [6.45, 7) is 3.86. The highest BCUT2D eigenvalue weighted by atomic mass is 32.2. The van der Waals surface area contributed by atoms with Crippen LogP contribution in [0.25, 0.3) is 5.57 Å². The molecule has 1 amide bonds. The van der Waals surface area contributed by atoms with E-state index in [-0.39, 0.29) is 23.0 Å². The molecule has 0 aliphatic carbocycles. The Morgan fingerprint density at radius 2 is 1.75 bits per heavy atom. The normalized spacial score (nSPS) is 19.7. The topological polar surface area (TPSA) is 110 Å². The second-order valence-electron chi connectivity index (χ2n) is 8.69. The molecule has 184 valence electrons. The number of hydrogen-bond donors (Lipinski definition) is 1. The van der Waals surface area contributed by atoms with E-state index in [1.807, 2.05) is 74.5 Å². The first-order valence-corrected chi connectivity index (χ1v) is 13.4. The van der Waals surface area contributed by atoms with Crippen molar-refractivity contribution in [2.24, 2.45) is 16.0 Å². The van der Waals surface area contributed by atoms with Gasteiger partial charge >= 0.3 is 5.97 Å². The van der Waals surface area contributed by atoms with Gasteiger partial charge in [0, 0.05) is 17.5 Å². The molecule has 2 atom stereocenters. The molecule has 2 aliphatic rings. The fraction of sp³-hybridized carbons (Fsp3) is 0.269. The van der Waals surface area contributed by atoms with E-state index in [1.165, 1.54) is 28.0 Å². The van der Waals surface area contributed by atoms with Crippen molar-refractivity contribution in [3.05, 3.63) is 88.6 Å². The second kappa shape index (κ2) is 10.3. The van der Waals surface area contributed by atoms with E-state index < -0.39 is 18.1 Å². The van der Waals surface area contributed by atoms with Crippen LogP contribution in [0.15, 0.2) is 82.8 Å². The summed E-state index contributed by atoms with van der Waals surface area (Å²) < 4.78 is 6.14. The first kappa shape index (κ1) is 24.4.